The minimum Gasteiger partial charge on any atom is -0.305 e. The first-order valence-electron chi connectivity index (χ1n) is 15.8. The zero-order valence-electron chi connectivity index (χ0n) is 27.3. The number of aromatic nitrogens is 2. The van der Waals surface area contributed by atoms with E-state index in [-0.39, 0.29) is 31.9 Å². The van der Waals surface area contributed by atoms with Gasteiger partial charge in [0.2, 0.25) is 0 Å². The van der Waals surface area contributed by atoms with E-state index in [1.807, 2.05) is 12.4 Å². The standard InChI is InChI=1S/C43H38N2.Pt/c1-41(2,3)31-21-23-44-39(27-31)29-13-11-15-33(25-29)43(37-19-9-7-17-35(37)36-18-8-10-20-38(36)43)34-16-12-14-30(26-34)40-28-32(22-24-45-40)42(4,5)6;/h7-24,27-28H,1-6H3;/q-2;+2. The van der Waals surface area contributed by atoms with Crippen LogP contribution in [0.5, 0.6) is 0 Å². The molecule has 3 heteroatoms. The molecule has 7 rings (SSSR count). The third-order valence-electron chi connectivity index (χ3n) is 9.15. The molecule has 0 atom stereocenters. The van der Waals surface area contributed by atoms with Gasteiger partial charge in [-0.05, 0) is 67.7 Å². The van der Waals surface area contributed by atoms with Gasteiger partial charge in [0, 0.05) is 17.8 Å². The first kappa shape index (κ1) is 31.8. The summed E-state index contributed by atoms with van der Waals surface area (Å²) < 4.78 is 0. The zero-order chi connectivity index (χ0) is 31.4. The second-order valence-electron chi connectivity index (χ2n) is 14.2. The predicted octanol–water partition coefficient (Wildman–Crippen LogP) is 10.4. The van der Waals surface area contributed by atoms with E-state index in [0.29, 0.717) is 0 Å². The number of benzene rings is 4. The van der Waals surface area contributed by atoms with Crippen LogP contribution in [0.15, 0.2) is 122 Å². The van der Waals surface area contributed by atoms with Crippen molar-refractivity contribution in [3.05, 3.63) is 167 Å². The van der Waals surface area contributed by atoms with Gasteiger partial charge in [0.15, 0.2) is 0 Å². The number of pyridine rings is 2. The van der Waals surface area contributed by atoms with E-state index in [1.54, 1.807) is 0 Å². The fraction of sp³-hybridized carbons (Fsp3) is 0.209. The Morgan fingerprint density at radius 1 is 0.500 bits per heavy atom. The fourth-order valence-corrected chi connectivity index (χ4v) is 6.72. The fourth-order valence-electron chi connectivity index (χ4n) is 6.72. The van der Waals surface area contributed by atoms with Crippen LogP contribution in [0, 0.1) is 12.1 Å². The van der Waals surface area contributed by atoms with Crippen LogP contribution in [0.3, 0.4) is 0 Å². The molecule has 2 nitrogen and oxygen atoms in total. The molecule has 6 aromatic rings. The van der Waals surface area contributed by atoms with E-state index >= 15 is 0 Å². The van der Waals surface area contributed by atoms with E-state index in [0.717, 1.165) is 33.6 Å². The number of hydrogen-bond acceptors (Lipinski definition) is 2. The van der Waals surface area contributed by atoms with Crippen LogP contribution in [0.2, 0.25) is 0 Å². The molecule has 2 aromatic heterocycles. The minimum absolute atomic E-state index is 0. The van der Waals surface area contributed by atoms with E-state index in [4.69, 9.17) is 9.97 Å². The third kappa shape index (κ3) is 5.37. The molecule has 0 aliphatic heterocycles. The summed E-state index contributed by atoms with van der Waals surface area (Å²) in [6.07, 6.45) is 3.84. The van der Waals surface area contributed by atoms with Gasteiger partial charge in [-0.25, -0.2) is 0 Å². The summed E-state index contributed by atoms with van der Waals surface area (Å²) in [6.45, 7) is 13.4. The summed E-state index contributed by atoms with van der Waals surface area (Å²) in [7, 11) is 0. The Kier molecular flexibility index (Phi) is 8.24. The van der Waals surface area contributed by atoms with Crippen LogP contribution in [-0.4, -0.2) is 9.97 Å². The van der Waals surface area contributed by atoms with E-state index in [1.165, 1.54) is 33.4 Å². The largest absolute Gasteiger partial charge is 2.00 e. The molecular weight excluding hydrogens is 740 g/mol. The Hall–Kier alpha value is -4.13. The van der Waals surface area contributed by atoms with Crippen molar-refractivity contribution in [2.24, 2.45) is 0 Å². The van der Waals surface area contributed by atoms with Gasteiger partial charge < -0.3 is 9.97 Å². The van der Waals surface area contributed by atoms with Crippen molar-refractivity contribution in [2.45, 2.75) is 57.8 Å². The van der Waals surface area contributed by atoms with Crippen molar-refractivity contribution in [2.75, 3.05) is 0 Å². The third-order valence-corrected chi connectivity index (χ3v) is 9.15. The number of rotatable bonds is 4. The second kappa shape index (κ2) is 11.9. The summed E-state index contributed by atoms with van der Waals surface area (Å²) in [5.74, 6) is 0. The first-order chi connectivity index (χ1) is 21.6. The van der Waals surface area contributed by atoms with E-state index < -0.39 is 5.41 Å². The molecule has 2 heterocycles. The smallest absolute Gasteiger partial charge is 0.305 e. The maximum absolute atomic E-state index is 4.81. The first-order valence-corrected chi connectivity index (χ1v) is 15.8. The van der Waals surface area contributed by atoms with Gasteiger partial charge in [-0.2, -0.15) is 0 Å². The van der Waals surface area contributed by atoms with Crippen LogP contribution < -0.4 is 0 Å². The van der Waals surface area contributed by atoms with Gasteiger partial charge in [0.25, 0.3) is 0 Å². The van der Waals surface area contributed by atoms with Crippen LogP contribution in [0.1, 0.15) is 74.9 Å². The van der Waals surface area contributed by atoms with Crippen molar-refractivity contribution in [3.63, 3.8) is 0 Å². The van der Waals surface area contributed by atoms with E-state index in [9.17, 15) is 0 Å². The monoisotopic (exact) mass is 777 g/mol. The Labute approximate surface area is 288 Å². The summed E-state index contributed by atoms with van der Waals surface area (Å²) in [5.41, 5.74) is 12.9. The van der Waals surface area contributed by atoms with Gasteiger partial charge in [-0.1, -0.05) is 102 Å². The SMILES string of the molecule is CC(C)(C)c1ccnc(-c2[c-]c(C3(c4[c-]c(-c5cc(C(C)(C)C)ccn5)ccc4)c4ccccc4-c4ccccc43)ccc2)c1.[Pt+2]. The number of nitrogens with zero attached hydrogens (tertiary/aromatic N) is 2. The van der Waals surface area contributed by atoms with Crippen molar-refractivity contribution < 1.29 is 21.1 Å². The average molecular weight is 778 g/mol. The quantitative estimate of drug-likeness (QED) is 0.166. The molecule has 0 radical (unpaired) electrons. The second-order valence-corrected chi connectivity index (χ2v) is 14.2. The summed E-state index contributed by atoms with van der Waals surface area (Å²) in [6, 6.07) is 47.0. The Morgan fingerprint density at radius 3 is 1.33 bits per heavy atom. The molecule has 0 spiro atoms. The predicted molar refractivity (Wildman–Crippen MR) is 185 cm³/mol. The van der Waals surface area contributed by atoms with Crippen molar-refractivity contribution in [1.29, 1.82) is 0 Å². The summed E-state index contributed by atoms with van der Waals surface area (Å²) in [4.78, 5) is 9.62. The Morgan fingerprint density at radius 2 is 0.913 bits per heavy atom. The molecule has 0 fully saturated rings. The van der Waals surface area contributed by atoms with Crippen LogP contribution in [0.25, 0.3) is 33.6 Å². The molecule has 0 N–H and O–H groups in total. The van der Waals surface area contributed by atoms with Crippen molar-refractivity contribution in [3.8, 4) is 33.6 Å². The molecule has 1 aliphatic carbocycles. The van der Waals surface area contributed by atoms with Crippen LogP contribution in [-0.2, 0) is 37.3 Å². The number of fused-ring (bicyclic) bond motifs is 3. The molecule has 0 saturated carbocycles. The summed E-state index contributed by atoms with van der Waals surface area (Å²) in [5, 5.41) is 0. The zero-order valence-corrected chi connectivity index (χ0v) is 29.5. The van der Waals surface area contributed by atoms with E-state index in [2.05, 4.69) is 163 Å². The molecule has 0 saturated heterocycles. The van der Waals surface area contributed by atoms with Crippen molar-refractivity contribution in [1.82, 2.24) is 9.97 Å². The molecular formula is C43H38N2Pt. The summed E-state index contributed by atoms with van der Waals surface area (Å²) >= 11 is 0. The molecule has 1 aliphatic rings. The normalized spacial score (nSPS) is 13.4. The maximum atomic E-state index is 4.81. The van der Waals surface area contributed by atoms with Gasteiger partial charge in [-0.15, -0.1) is 70.8 Å². The Balaban J connectivity index is 0.00000372. The van der Waals surface area contributed by atoms with Crippen LogP contribution in [0.4, 0.5) is 0 Å². The van der Waals surface area contributed by atoms with Gasteiger partial charge in [-0.3, -0.25) is 0 Å². The topological polar surface area (TPSA) is 25.8 Å². The molecule has 0 bridgehead atoms. The minimum atomic E-state index is -0.623. The average Bonchev–Trinajstić information content (AvgIpc) is 3.35. The van der Waals surface area contributed by atoms with Crippen molar-refractivity contribution >= 4 is 0 Å². The van der Waals surface area contributed by atoms with Gasteiger partial charge in [0.1, 0.15) is 0 Å². The molecule has 4 aromatic carbocycles. The van der Waals surface area contributed by atoms with Gasteiger partial charge in [0.05, 0.1) is 0 Å². The Bertz CT molecular complexity index is 1900. The number of hydrogen-bond donors (Lipinski definition) is 0. The maximum Gasteiger partial charge on any atom is 2.00 e. The van der Waals surface area contributed by atoms with Crippen LogP contribution >= 0.6 is 0 Å². The molecule has 230 valence electrons. The van der Waals surface area contributed by atoms with Gasteiger partial charge >= 0.3 is 21.1 Å². The molecule has 0 amide bonds. The molecule has 0 unspecified atom stereocenters. The molecule has 46 heavy (non-hydrogen) atoms.